The Morgan fingerprint density at radius 1 is 1.12 bits per heavy atom. The van der Waals surface area contributed by atoms with Crippen molar-refractivity contribution in [1.82, 2.24) is 10.4 Å². The van der Waals surface area contributed by atoms with Crippen LogP contribution in [0.5, 0.6) is 0 Å². The lowest BCUT2D eigenvalue weighted by Gasteiger charge is -2.43. The highest BCUT2D eigenvalue weighted by Gasteiger charge is 2.51. The number of Topliss-reactive ketones (excluding diaryl/α,β-unsaturated/α-hetero) is 1. The Labute approximate surface area is 152 Å². The first-order valence-corrected chi connectivity index (χ1v) is 8.65. The van der Waals surface area contributed by atoms with E-state index < -0.39 is 17.7 Å². The fourth-order valence-electron chi connectivity index (χ4n) is 3.22. The molecule has 1 aliphatic carbocycles. The molecular weight excluding hydrogens is 336 g/mol. The molecule has 0 saturated carbocycles. The molecular formula is C19H24N2O5. The summed E-state index contributed by atoms with van der Waals surface area (Å²) in [5, 5.41) is 0.964. The summed E-state index contributed by atoms with van der Waals surface area (Å²) < 4.78 is 10.0. The van der Waals surface area contributed by atoms with Crippen molar-refractivity contribution < 1.29 is 23.9 Å². The highest BCUT2D eigenvalue weighted by atomic mass is 16.6. The lowest BCUT2D eigenvalue weighted by Crippen LogP contribution is -2.62. The van der Waals surface area contributed by atoms with Crippen molar-refractivity contribution in [2.75, 3.05) is 13.2 Å². The van der Waals surface area contributed by atoms with Gasteiger partial charge in [-0.1, -0.05) is 31.2 Å². The summed E-state index contributed by atoms with van der Waals surface area (Å²) in [7, 11) is 0. The van der Waals surface area contributed by atoms with Gasteiger partial charge in [-0.15, -0.1) is 0 Å². The Kier molecular flexibility index (Phi) is 6.02. The number of benzene rings is 1. The van der Waals surface area contributed by atoms with Crippen LogP contribution in [0, 0.1) is 0 Å². The zero-order valence-electron chi connectivity index (χ0n) is 15.5. The first kappa shape index (κ1) is 19.5. The van der Waals surface area contributed by atoms with Gasteiger partial charge in [-0.2, -0.15) is 5.01 Å². The Morgan fingerprint density at radius 3 is 2.38 bits per heavy atom. The number of ketones is 1. The van der Waals surface area contributed by atoms with Crippen LogP contribution in [0.3, 0.4) is 0 Å². The predicted octanol–water partition coefficient (Wildman–Crippen LogP) is 3.40. The lowest BCUT2D eigenvalue weighted by atomic mass is 9.74. The summed E-state index contributed by atoms with van der Waals surface area (Å²) in [6.07, 6.45) is 0.379. The molecule has 1 aromatic carbocycles. The van der Waals surface area contributed by atoms with Crippen LogP contribution in [0.4, 0.5) is 9.59 Å². The number of fused-ring (bicyclic) bond motifs is 1. The number of hydrogen-bond acceptors (Lipinski definition) is 5. The highest BCUT2D eigenvalue weighted by molar-refractivity contribution is 6.10. The first-order valence-electron chi connectivity index (χ1n) is 8.65. The van der Waals surface area contributed by atoms with Gasteiger partial charge in [-0.05, 0) is 50.0 Å². The molecule has 0 saturated heterocycles. The van der Waals surface area contributed by atoms with Gasteiger partial charge in [0.1, 0.15) is 0 Å². The number of hydrazine groups is 1. The maximum absolute atomic E-state index is 13.2. The molecule has 0 radical (unpaired) electrons. The van der Waals surface area contributed by atoms with Crippen molar-refractivity contribution in [1.29, 1.82) is 0 Å². The molecule has 1 atom stereocenters. The van der Waals surface area contributed by atoms with Crippen LogP contribution in [0.2, 0.25) is 0 Å². The van der Waals surface area contributed by atoms with Gasteiger partial charge in [0, 0.05) is 0 Å². The molecule has 7 heteroatoms. The number of carbonyl (C=O) groups is 3. The molecule has 0 aliphatic heterocycles. The molecule has 0 fully saturated rings. The summed E-state index contributed by atoms with van der Waals surface area (Å²) in [4.78, 5) is 37.9. The van der Waals surface area contributed by atoms with Crippen LogP contribution in [0.15, 0.2) is 29.8 Å². The van der Waals surface area contributed by atoms with E-state index >= 15 is 0 Å². The second-order valence-corrected chi connectivity index (χ2v) is 5.82. The van der Waals surface area contributed by atoms with Gasteiger partial charge in [0.2, 0.25) is 0 Å². The van der Waals surface area contributed by atoms with E-state index in [0.717, 1.165) is 10.6 Å². The minimum Gasteiger partial charge on any atom is -0.449 e. The van der Waals surface area contributed by atoms with Crippen LogP contribution >= 0.6 is 0 Å². The van der Waals surface area contributed by atoms with Crippen LogP contribution in [0.25, 0.3) is 6.08 Å². The van der Waals surface area contributed by atoms with Crippen molar-refractivity contribution >= 4 is 24.0 Å². The average Bonchev–Trinajstić information content (AvgIpc) is 2.62. The summed E-state index contributed by atoms with van der Waals surface area (Å²) >= 11 is 0. The van der Waals surface area contributed by atoms with Gasteiger partial charge in [0.15, 0.2) is 11.3 Å². The van der Waals surface area contributed by atoms with E-state index in [9.17, 15) is 14.4 Å². The van der Waals surface area contributed by atoms with E-state index in [1.165, 1.54) is 0 Å². The van der Waals surface area contributed by atoms with Crippen LogP contribution in [-0.4, -0.2) is 36.2 Å². The SMILES string of the molecule is CCOC(=O)NN(C(=O)OCC)C1(CC)C(=O)C(C)=Cc2ccccc21. The molecule has 1 aliphatic rings. The van der Waals surface area contributed by atoms with Gasteiger partial charge in [-0.25, -0.2) is 15.0 Å². The minimum atomic E-state index is -1.41. The number of nitrogens with zero attached hydrogens (tertiary/aromatic N) is 1. The molecule has 2 rings (SSSR count). The van der Waals surface area contributed by atoms with Crippen molar-refractivity contribution in [3.8, 4) is 0 Å². The van der Waals surface area contributed by atoms with Crippen LogP contribution in [0.1, 0.15) is 45.2 Å². The highest BCUT2D eigenvalue weighted by Crippen LogP contribution is 2.41. The second-order valence-electron chi connectivity index (χ2n) is 5.82. The van der Waals surface area contributed by atoms with Crippen LogP contribution < -0.4 is 5.43 Å². The van der Waals surface area contributed by atoms with Crippen molar-refractivity contribution in [3.05, 3.63) is 41.0 Å². The maximum Gasteiger partial charge on any atom is 0.430 e. The van der Waals surface area contributed by atoms with Crippen molar-refractivity contribution in [2.45, 2.75) is 39.7 Å². The third kappa shape index (κ3) is 3.29. The summed E-state index contributed by atoms with van der Waals surface area (Å²) in [6.45, 7) is 7.01. The number of hydrogen-bond donors (Lipinski definition) is 1. The lowest BCUT2D eigenvalue weighted by molar-refractivity contribution is -0.129. The van der Waals surface area contributed by atoms with E-state index in [-0.39, 0.29) is 25.4 Å². The fourth-order valence-corrected chi connectivity index (χ4v) is 3.22. The molecule has 0 heterocycles. The standard InChI is InChI=1S/C19H24N2O5/c1-5-19(21(18(24)26-7-3)20-17(23)25-6-2)15-11-9-8-10-14(15)12-13(4)16(19)22/h8-12H,5-7H2,1-4H3,(H,20,23). The predicted molar refractivity (Wildman–Crippen MR) is 96.1 cm³/mol. The Balaban J connectivity index is 2.64. The molecule has 1 aromatic rings. The summed E-state index contributed by atoms with van der Waals surface area (Å²) in [6, 6.07) is 7.28. The minimum absolute atomic E-state index is 0.101. The maximum atomic E-state index is 13.2. The summed E-state index contributed by atoms with van der Waals surface area (Å²) in [5.41, 5.74) is 2.93. The average molecular weight is 360 g/mol. The third-order valence-electron chi connectivity index (χ3n) is 4.33. The van der Waals surface area contributed by atoms with Crippen LogP contribution in [-0.2, 0) is 19.8 Å². The molecule has 0 bridgehead atoms. The molecule has 7 nitrogen and oxygen atoms in total. The number of amides is 2. The Bertz CT molecular complexity index is 743. The topological polar surface area (TPSA) is 84.9 Å². The van der Waals surface area contributed by atoms with E-state index in [1.807, 2.05) is 12.1 Å². The molecule has 1 unspecified atom stereocenters. The largest absolute Gasteiger partial charge is 0.449 e. The van der Waals surface area contributed by atoms with Crippen molar-refractivity contribution in [3.63, 3.8) is 0 Å². The zero-order valence-corrected chi connectivity index (χ0v) is 15.5. The van der Waals surface area contributed by atoms with E-state index in [1.54, 1.807) is 45.9 Å². The Morgan fingerprint density at radius 2 is 1.77 bits per heavy atom. The fraction of sp³-hybridized carbons (Fsp3) is 0.421. The van der Waals surface area contributed by atoms with Gasteiger partial charge in [0.05, 0.1) is 13.2 Å². The van der Waals surface area contributed by atoms with Crippen molar-refractivity contribution in [2.24, 2.45) is 0 Å². The smallest absolute Gasteiger partial charge is 0.430 e. The van der Waals surface area contributed by atoms with E-state index in [0.29, 0.717) is 11.1 Å². The quantitative estimate of drug-likeness (QED) is 0.832. The Hall–Kier alpha value is -2.83. The number of carbonyl (C=O) groups excluding carboxylic acids is 3. The molecule has 0 aromatic heterocycles. The number of rotatable bonds is 4. The number of ether oxygens (including phenoxy) is 2. The third-order valence-corrected chi connectivity index (χ3v) is 4.33. The number of nitrogens with one attached hydrogen (secondary N) is 1. The second kappa shape index (κ2) is 8.03. The monoisotopic (exact) mass is 360 g/mol. The molecule has 1 N–H and O–H groups in total. The zero-order chi connectivity index (χ0) is 19.3. The van der Waals surface area contributed by atoms with Gasteiger partial charge in [-0.3, -0.25) is 4.79 Å². The van der Waals surface area contributed by atoms with E-state index in [2.05, 4.69) is 5.43 Å². The van der Waals surface area contributed by atoms with E-state index in [4.69, 9.17) is 9.47 Å². The normalized spacial score (nSPS) is 18.5. The van der Waals surface area contributed by atoms with Gasteiger partial charge in [0.25, 0.3) is 0 Å². The molecule has 140 valence electrons. The summed E-state index contributed by atoms with van der Waals surface area (Å²) in [5.74, 6) is -0.274. The van der Waals surface area contributed by atoms with Gasteiger partial charge >= 0.3 is 12.2 Å². The molecule has 0 spiro atoms. The molecule has 26 heavy (non-hydrogen) atoms. The first-order chi connectivity index (χ1) is 12.4. The molecule has 2 amide bonds. The van der Waals surface area contributed by atoms with Gasteiger partial charge < -0.3 is 9.47 Å².